The van der Waals surface area contributed by atoms with E-state index in [0.29, 0.717) is 34.8 Å². The lowest BCUT2D eigenvalue weighted by Gasteiger charge is -2.17. The quantitative estimate of drug-likeness (QED) is 0.710. The van der Waals surface area contributed by atoms with Crippen molar-refractivity contribution in [3.8, 4) is 11.5 Å². The highest BCUT2D eigenvalue weighted by Crippen LogP contribution is 2.32. The molecule has 0 atom stereocenters. The molecule has 3 heterocycles. The summed E-state index contributed by atoms with van der Waals surface area (Å²) < 4.78 is 6.82. The number of aromatic nitrogens is 3. The summed E-state index contributed by atoms with van der Waals surface area (Å²) in [5.74, 6) is 0.884. The minimum Gasteiger partial charge on any atom is -0.462 e. The van der Waals surface area contributed by atoms with Crippen LogP contribution in [0.4, 0.5) is 11.6 Å². The molecule has 6 nitrogen and oxygen atoms in total. The van der Waals surface area contributed by atoms with Gasteiger partial charge in [-0.05, 0) is 30.3 Å². The molecule has 2 aromatic heterocycles. The number of fused-ring (bicyclic) bond motifs is 1. The van der Waals surface area contributed by atoms with Gasteiger partial charge in [-0.3, -0.25) is 9.36 Å². The lowest BCUT2D eigenvalue weighted by atomic mass is 10.3. The molecule has 116 valence electrons. The maximum atomic E-state index is 12.6. The smallest absolute Gasteiger partial charge is 0.285 e. The van der Waals surface area contributed by atoms with E-state index in [4.69, 9.17) is 27.6 Å². The number of rotatable bonds is 2. The number of halogens is 2. The van der Waals surface area contributed by atoms with Gasteiger partial charge in [-0.2, -0.15) is 0 Å². The van der Waals surface area contributed by atoms with Crippen molar-refractivity contribution in [2.24, 2.45) is 0 Å². The molecular weight excluding hydrogens is 339 g/mol. The highest BCUT2D eigenvalue weighted by molar-refractivity contribution is 6.42. The zero-order valence-electron chi connectivity index (χ0n) is 11.7. The molecule has 0 saturated carbocycles. The van der Waals surface area contributed by atoms with Crippen LogP contribution in [0.5, 0.6) is 0 Å². The summed E-state index contributed by atoms with van der Waals surface area (Å²) in [7, 11) is 0. The molecule has 1 aromatic carbocycles. The van der Waals surface area contributed by atoms with Crippen LogP contribution in [-0.2, 0) is 6.54 Å². The highest BCUT2D eigenvalue weighted by atomic mass is 35.5. The van der Waals surface area contributed by atoms with E-state index in [1.165, 1.54) is 6.26 Å². The van der Waals surface area contributed by atoms with Crippen LogP contribution < -0.4 is 10.5 Å². The number of nitrogens with zero attached hydrogens (tertiary/aromatic N) is 4. The van der Waals surface area contributed by atoms with Gasteiger partial charge in [-0.25, -0.2) is 0 Å². The van der Waals surface area contributed by atoms with Crippen LogP contribution in [0, 0.1) is 0 Å². The molecule has 3 aromatic rings. The average molecular weight is 349 g/mol. The third kappa shape index (κ3) is 2.31. The second-order valence-electron chi connectivity index (χ2n) is 5.03. The molecule has 0 unspecified atom stereocenters. The Morgan fingerprint density at radius 2 is 1.96 bits per heavy atom. The topological polar surface area (TPSA) is 64.2 Å². The number of hydrogen-bond acceptors (Lipinski definition) is 5. The van der Waals surface area contributed by atoms with E-state index < -0.39 is 0 Å². The van der Waals surface area contributed by atoms with Gasteiger partial charge in [-0.15, -0.1) is 10.2 Å². The fraction of sp³-hybridized carbons (Fsp3) is 0.133. The summed E-state index contributed by atoms with van der Waals surface area (Å²) >= 11 is 12.0. The molecule has 0 amide bonds. The molecule has 23 heavy (non-hydrogen) atoms. The predicted octanol–water partition coefficient (Wildman–Crippen LogP) is 3.36. The maximum Gasteiger partial charge on any atom is 0.285 e. The van der Waals surface area contributed by atoms with Crippen LogP contribution in [-0.4, -0.2) is 21.3 Å². The first-order chi connectivity index (χ1) is 11.1. The van der Waals surface area contributed by atoms with Gasteiger partial charge in [0.25, 0.3) is 5.56 Å². The van der Waals surface area contributed by atoms with Gasteiger partial charge in [0.1, 0.15) is 0 Å². The predicted molar refractivity (Wildman–Crippen MR) is 87.5 cm³/mol. The third-order valence-electron chi connectivity index (χ3n) is 3.69. The van der Waals surface area contributed by atoms with Crippen molar-refractivity contribution in [2.75, 3.05) is 11.4 Å². The van der Waals surface area contributed by atoms with Gasteiger partial charge in [0.05, 0.1) is 16.3 Å². The first-order valence-corrected chi connectivity index (χ1v) is 7.65. The third-order valence-corrected chi connectivity index (χ3v) is 4.43. The molecule has 0 aliphatic carbocycles. The number of anilines is 2. The van der Waals surface area contributed by atoms with Gasteiger partial charge >= 0.3 is 0 Å². The minimum atomic E-state index is -0.229. The average Bonchev–Trinajstić information content (AvgIpc) is 3.20. The lowest BCUT2D eigenvalue weighted by molar-refractivity contribution is 0.575. The summed E-state index contributed by atoms with van der Waals surface area (Å²) in [6.07, 6.45) is 1.50. The Balaban J connectivity index is 1.79. The molecule has 0 spiro atoms. The minimum absolute atomic E-state index is 0.203. The first kappa shape index (κ1) is 14.3. The molecule has 0 radical (unpaired) electrons. The van der Waals surface area contributed by atoms with Crippen LogP contribution in [0.3, 0.4) is 0 Å². The molecule has 8 heteroatoms. The van der Waals surface area contributed by atoms with E-state index in [2.05, 4.69) is 10.2 Å². The summed E-state index contributed by atoms with van der Waals surface area (Å²) in [6, 6.07) is 8.67. The Kier molecular flexibility index (Phi) is 3.36. The molecular formula is C15H10Cl2N4O2. The van der Waals surface area contributed by atoms with Crippen molar-refractivity contribution in [1.82, 2.24) is 14.8 Å². The van der Waals surface area contributed by atoms with Crippen LogP contribution in [0.15, 0.2) is 45.8 Å². The summed E-state index contributed by atoms with van der Waals surface area (Å²) in [5, 5.41) is 9.15. The van der Waals surface area contributed by atoms with E-state index in [0.717, 1.165) is 5.69 Å². The van der Waals surface area contributed by atoms with Crippen molar-refractivity contribution in [2.45, 2.75) is 6.54 Å². The second kappa shape index (κ2) is 5.40. The van der Waals surface area contributed by atoms with E-state index in [1.807, 2.05) is 11.0 Å². The van der Waals surface area contributed by atoms with Gasteiger partial charge in [0, 0.05) is 18.8 Å². The molecule has 1 aliphatic rings. The van der Waals surface area contributed by atoms with Crippen molar-refractivity contribution < 1.29 is 4.42 Å². The van der Waals surface area contributed by atoms with Crippen LogP contribution in [0.1, 0.15) is 0 Å². The van der Waals surface area contributed by atoms with E-state index in [-0.39, 0.29) is 11.3 Å². The Morgan fingerprint density at radius 3 is 2.70 bits per heavy atom. The fourth-order valence-electron chi connectivity index (χ4n) is 2.58. The fourth-order valence-corrected chi connectivity index (χ4v) is 2.87. The zero-order chi connectivity index (χ0) is 16.0. The van der Waals surface area contributed by atoms with Crippen LogP contribution >= 0.6 is 23.2 Å². The van der Waals surface area contributed by atoms with E-state index >= 15 is 0 Å². The van der Waals surface area contributed by atoms with Crippen LogP contribution in [0.25, 0.3) is 11.5 Å². The van der Waals surface area contributed by atoms with E-state index in [1.54, 1.807) is 28.8 Å². The number of furan rings is 1. The molecule has 0 saturated heterocycles. The van der Waals surface area contributed by atoms with Gasteiger partial charge in [0.2, 0.25) is 5.95 Å². The van der Waals surface area contributed by atoms with Gasteiger partial charge < -0.3 is 9.32 Å². The van der Waals surface area contributed by atoms with Crippen molar-refractivity contribution in [3.05, 3.63) is 57.0 Å². The monoisotopic (exact) mass is 348 g/mol. The van der Waals surface area contributed by atoms with Crippen LogP contribution in [0.2, 0.25) is 10.0 Å². The standard InChI is InChI=1S/C15H10Cl2N4O2/c16-10-4-3-9(8-11(10)17)20-5-6-21-14(22)13(18-19-15(20)21)12-2-1-7-23-12/h1-4,7-8H,5-6H2. The maximum absolute atomic E-state index is 12.6. The van der Waals surface area contributed by atoms with Crippen molar-refractivity contribution in [3.63, 3.8) is 0 Å². The Hall–Kier alpha value is -2.31. The molecule has 0 fully saturated rings. The number of benzene rings is 1. The van der Waals surface area contributed by atoms with E-state index in [9.17, 15) is 4.79 Å². The zero-order valence-corrected chi connectivity index (χ0v) is 13.3. The molecule has 0 bridgehead atoms. The second-order valence-corrected chi connectivity index (χ2v) is 5.85. The SMILES string of the molecule is O=c1c(-c2ccco2)nnc2n1CCN2c1ccc(Cl)c(Cl)c1. The number of hydrogen-bond donors (Lipinski definition) is 0. The highest BCUT2D eigenvalue weighted by Gasteiger charge is 2.26. The van der Waals surface area contributed by atoms with Gasteiger partial charge in [0.15, 0.2) is 11.5 Å². The first-order valence-electron chi connectivity index (χ1n) is 6.89. The Morgan fingerprint density at radius 1 is 1.09 bits per heavy atom. The Bertz CT molecular complexity index is 937. The molecule has 0 N–H and O–H groups in total. The lowest BCUT2D eigenvalue weighted by Crippen LogP contribution is -2.23. The van der Waals surface area contributed by atoms with Crippen molar-refractivity contribution in [1.29, 1.82) is 0 Å². The van der Waals surface area contributed by atoms with Crippen molar-refractivity contribution >= 4 is 34.8 Å². The molecule has 4 rings (SSSR count). The summed E-state index contributed by atoms with van der Waals surface area (Å²) in [5.41, 5.74) is 0.785. The normalized spacial score (nSPS) is 13.4. The summed E-state index contributed by atoms with van der Waals surface area (Å²) in [4.78, 5) is 14.5. The summed E-state index contributed by atoms with van der Waals surface area (Å²) in [6.45, 7) is 1.11. The van der Waals surface area contributed by atoms with Gasteiger partial charge in [-0.1, -0.05) is 23.2 Å². The largest absolute Gasteiger partial charge is 0.462 e. The Labute approximate surface area is 140 Å². The molecule has 1 aliphatic heterocycles.